The number of H-pyrrole nitrogens is 2. The maximum Gasteiger partial charge on any atom is 0.534 e. The number of rotatable bonds is 7. The summed E-state index contributed by atoms with van der Waals surface area (Å²) >= 11 is 0. The molecule has 5 heterocycles. The zero-order chi connectivity index (χ0) is 35.8. The Morgan fingerprint density at radius 3 is 2.40 bits per heavy atom. The van der Waals surface area contributed by atoms with Gasteiger partial charge in [-0.1, -0.05) is 30.3 Å². The fraction of sp³-hybridized carbons (Fsp3) is 0.410. The quantitative estimate of drug-likeness (QED) is 0.0984. The van der Waals surface area contributed by atoms with Crippen molar-refractivity contribution < 1.29 is 28.2 Å². The lowest BCUT2D eigenvalue weighted by molar-refractivity contribution is -0.956. The number of hydroxylamine groups is 2. The highest BCUT2D eigenvalue weighted by atomic mass is 19.3. The zero-order valence-electron chi connectivity index (χ0n) is 28.9. The van der Waals surface area contributed by atoms with E-state index in [0.29, 0.717) is 79.2 Å². The van der Waals surface area contributed by atoms with E-state index in [0.717, 1.165) is 41.8 Å². The van der Waals surface area contributed by atoms with Gasteiger partial charge in [0.15, 0.2) is 0 Å². The standard InChI is InChI=1S/C39H41F2N7O4/c1-22(23-12-16-52-17-13-23)48(51,38(49)50)47-15-3-5-35(47)37-43-21-34(46-37)26-7-10-28-27-9-6-24(18-29(27)39(40,41)30(28)19-26)25-8-11-31-33(20-25)45-36(44-31)32-4-2-14-42-32/h6-11,18-23,32,35,42H,2-5,12-17H2,1H3,(H,43,46)(H,44,45)(H,49,50). The van der Waals surface area contributed by atoms with Crippen LogP contribution in [0.25, 0.3) is 44.5 Å². The van der Waals surface area contributed by atoms with Crippen LogP contribution in [0.15, 0.2) is 60.8 Å². The summed E-state index contributed by atoms with van der Waals surface area (Å²) in [5.74, 6) is -1.97. The van der Waals surface area contributed by atoms with Crippen molar-refractivity contribution in [3.63, 3.8) is 0 Å². The van der Waals surface area contributed by atoms with Crippen LogP contribution in [-0.4, -0.2) is 73.2 Å². The molecule has 2 aromatic heterocycles. The Balaban J connectivity index is 0.984. The van der Waals surface area contributed by atoms with Crippen molar-refractivity contribution in [1.29, 1.82) is 0 Å². The molecule has 52 heavy (non-hydrogen) atoms. The van der Waals surface area contributed by atoms with E-state index >= 15 is 8.78 Å². The van der Waals surface area contributed by atoms with E-state index in [1.54, 1.807) is 37.4 Å². The van der Waals surface area contributed by atoms with Gasteiger partial charge in [-0.15, -0.1) is 5.01 Å². The number of fused-ring (bicyclic) bond motifs is 4. The van der Waals surface area contributed by atoms with E-state index in [1.807, 2.05) is 24.3 Å². The van der Waals surface area contributed by atoms with Crippen LogP contribution in [0.5, 0.6) is 0 Å². The van der Waals surface area contributed by atoms with E-state index < -0.39 is 28.9 Å². The lowest BCUT2D eigenvalue weighted by Crippen LogP contribution is -2.65. The molecule has 9 rings (SSSR count). The van der Waals surface area contributed by atoms with Gasteiger partial charge in [-0.2, -0.15) is 18.3 Å². The van der Waals surface area contributed by atoms with Gasteiger partial charge in [0.1, 0.15) is 23.7 Å². The molecule has 4 unspecified atom stereocenters. The van der Waals surface area contributed by atoms with Crippen molar-refractivity contribution in [3.05, 3.63) is 88.8 Å². The molecule has 4 atom stereocenters. The Labute approximate surface area is 299 Å². The third-order valence-corrected chi connectivity index (χ3v) is 11.8. The van der Waals surface area contributed by atoms with Crippen LogP contribution in [-0.2, 0) is 10.7 Å². The molecule has 0 saturated carbocycles. The number of quaternary nitrogens is 1. The number of benzene rings is 3. The van der Waals surface area contributed by atoms with Gasteiger partial charge < -0.3 is 30.3 Å². The van der Waals surface area contributed by atoms with Gasteiger partial charge >= 0.3 is 6.09 Å². The Morgan fingerprint density at radius 1 is 0.962 bits per heavy atom. The van der Waals surface area contributed by atoms with Crippen molar-refractivity contribution >= 4 is 17.1 Å². The minimum Gasteiger partial charge on any atom is -0.601 e. The molecule has 3 aromatic carbocycles. The molecule has 4 aliphatic rings. The Morgan fingerprint density at radius 2 is 1.67 bits per heavy atom. The number of halogens is 2. The number of aromatic amines is 2. The topological polar surface area (TPSA) is 142 Å². The predicted molar refractivity (Wildman–Crippen MR) is 191 cm³/mol. The number of ether oxygens (including phenoxy) is 1. The minimum atomic E-state index is -3.23. The monoisotopic (exact) mass is 709 g/mol. The Bertz CT molecular complexity index is 2170. The molecule has 3 aliphatic heterocycles. The molecule has 1 amide bonds. The van der Waals surface area contributed by atoms with Gasteiger partial charge in [0.2, 0.25) is 0 Å². The molecule has 3 fully saturated rings. The van der Waals surface area contributed by atoms with Crippen LogP contribution in [0.1, 0.15) is 80.3 Å². The third-order valence-electron chi connectivity index (χ3n) is 11.8. The van der Waals surface area contributed by atoms with Crippen LogP contribution in [0.4, 0.5) is 13.6 Å². The molecule has 11 nitrogen and oxygen atoms in total. The number of aromatic nitrogens is 4. The van der Waals surface area contributed by atoms with Crippen molar-refractivity contribution in [3.8, 4) is 33.5 Å². The fourth-order valence-corrected chi connectivity index (χ4v) is 8.90. The first kappa shape index (κ1) is 33.3. The number of nitrogens with zero attached hydrogens (tertiary/aromatic N) is 4. The fourth-order valence-electron chi connectivity index (χ4n) is 8.90. The molecular weight excluding hydrogens is 668 g/mol. The Hall–Kier alpha value is -4.53. The van der Waals surface area contributed by atoms with Gasteiger partial charge in [-0.05, 0) is 98.5 Å². The number of hydrogen-bond donors (Lipinski definition) is 4. The van der Waals surface area contributed by atoms with E-state index in [-0.39, 0.29) is 23.1 Å². The van der Waals surface area contributed by atoms with Gasteiger partial charge in [-0.25, -0.2) is 9.97 Å². The average Bonchev–Trinajstić information content (AvgIpc) is 4.01. The summed E-state index contributed by atoms with van der Waals surface area (Å²) in [6.07, 6.45) is 4.72. The average molecular weight is 710 g/mol. The summed E-state index contributed by atoms with van der Waals surface area (Å²) in [6.45, 7) is 4.01. The summed E-state index contributed by atoms with van der Waals surface area (Å²) < 4.78 is 36.6. The first-order chi connectivity index (χ1) is 25.1. The van der Waals surface area contributed by atoms with Crippen molar-refractivity contribution in [1.82, 2.24) is 30.3 Å². The smallest absolute Gasteiger partial charge is 0.534 e. The first-order valence-electron chi connectivity index (χ1n) is 18.3. The number of alkyl halides is 2. The normalized spacial score (nSPS) is 23.5. The van der Waals surface area contributed by atoms with Gasteiger partial charge in [0.05, 0.1) is 29.0 Å². The second kappa shape index (κ2) is 12.6. The van der Waals surface area contributed by atoms with Gasteiger partial charge in [-0.3, -0.25) is 0 Å². The second-order valence-corrected chi connectivity index (χ2v) is 14.7. The molecule has 1 aliphatic carbocycles. The molecule has 270 valence electrons. The number of carbonyl (C=O) groups is 1. The maximum atomic E-state index is 16.3. The maximum absolute atomic E-state index is 16.3. The summed E-state index contributed by atoms with van der Waals surface area (Å²) in [6, 6.07) is 15.0. The number of nitrogens with one attached hydrogen (secondary N) is 3. The van der Waals surface area contributed by atoms with Crippen LogP contribution in [0.3, 0.4) is 0 Å². The summed E-state index contributed by atoms with van der Waals surface area (Å²) in [4.78, 5) is 28.6. The van der Waals surface area contributed by atoms with Gasteiger partial charge in [0.25, 0.3) is 5.92 Å². The van der Waals surface area contributed by atoms with E-state index in [4.69, 9.17) is 9.72 Å². The molecule has 0 radical (unpaired) electrons. The first-order valence-corrected chi connectivity index (χ1v) is 18.3. The molecule has 13 heteroatoms. The number of amides is 1. The highest BCUT2D eigenvalue weighted by Gasteiger charge is 2.50. The molecule has 4 N–H and O–H groups in total. The van der Waals surface area contributed by atoms with E-state index in [9.17, 15) is 15.1 Å². The SMILES string of the molecule is CC(C1CCOCC1)[N+]([O-])(C(=O)O)N1CCCC1c1ncc(-c2ccc3c(c2)C(F)(F)c2cc(-c4ccc5nc(C6CCCN6)[nH]c5c4)ccc2-3)[nH]1. The molecule has 5 aromatic rings. The van der Waals surface area contributed by atoms with Crippen LogP contribution >= 0.6 is 0 Å². The summed E-state index contributed by atoms with van der Waals surface area (Å²) in [5, 5.41) is 29.5. The number of imidazole rings is 2. The molecular formula is C39H41F2N7O4. The molecule has 3 saturated heterocycles. The Kier molecular flexibility index (Phi) is 8.05. The van der Waals surface area contributed by atoms with Crippen LogP contribution in [0.2, 0.25) is 0 Å². The van der Waals surface area contributed by atoms with Crippen molar-refractivity contribution in [2.24, 2.45) is 5.92 Å². The summed E-state index contributed by atoms with van der Waals surface area (Å²) in [5.41, 5.74) is 5.15. The summed E-state index contributed by atoms with van der Waals surface area (Å²) in [7, 11) is 0. The minimum absolute atomic E-state index is 0.0403. The van der Waals surface area contributed by atoms with E-state index in [2.05, 4.69) is 20.3 Å². The van der Waals surface area contributed by atoms with Crippen LogP contribution < -0.4 is 5.32 Å². The predicted octanol–water partition coefficient (Wildman–Crippen LogP) is 8.02. The van der Waals surface area contributed by atoms with Crippen LogP contribution in [0, 0.1) is 11.1 Å². The zero-order valence-corrected chi connectivity index (χ0v) is 28.9. The lowest BCUT2D eigenvalue weighted by Gasteiger charge is -2.50. The largest absolute Gasteiger partial charge is 0.601 e. The highest BCUT2D eigenvalue weighted by Crippen LogP contribution is 2.53. The third kappa shape index (κ3) is 5.28. The second-order valence-electron chi connectivity index (χ2n) is 14.7. The highest BCUT2D eigenvalue weighted by molar-refractivity contribution is 5.87. The molecule has 0 spiro atoms. The number of carboxylic acid groups (broad SMARTS) is 1. The lowest BCUT2D eigenvalue weighted by atomic mass is 9.92. The van der Waals surface area contributed by atoms with Crippen molar-refractivity contribution in [2.75, 3.05) is 26.3 Å². The van der Waals surface area contributed by atoms with Gasteiger partial charge in [0, 0.05) is 42.4 Å². The number of hydrogen-bond acceptors (Lipinski definition) is 7. The van der Waals surface area contributed by atoms with Crippen molar-refractivity contribution in [2.45, 2.75) is 69.5 Å². The molecule has 0 bridgehead atoms. The van der Waals surface area contributed by atoms with E-state index in [1.165, 1.54) is 11.1 Å².